The van der Waals surface area contributed by atoms with Gasteiger partial charge in [0.25, 0.3) is 0 Å². The number of benzene rings is 1. The maximum absolute atomic E-state index is 13.0. The van der Waals surface area contributed by atoms with E-state index in [1.165, 1.54) is 11.3 Å². The molecule has 1 aromatic carbocycles. The fourth-order valence-corrected chi connectivity index (χ4v) is 5.08. The highest BCUT2D eigenvalue weighted by Crippen LogP contribution is 2.33. The maximum atomic E-state index is 13.0. The van der Waals surface area contributed by atoms with Crippen molar-refractivity contribution in [2.24, 2.45) is 5.92 Å². The van der Waals surface area contributed by atoms with E-state index < -0.39 is 0 Å². The molecule has 2 aliphatic heterocycles. The highest BCUT2D eigenvalue weighted by molar-refractivity contribution is 5.79. The summed E-state index contributed by atoms with van der Waals surface area (Å²) in [6, 6.07) is 10.2. The Kier molecular flexibility index (Phi) is 6.37. The number of carbonyl (C=O) groups excluding carboxylic acids is 1. The molecule has 0 bridgehead atoms. The van der Waals surface area contributed by atoms with Crippen LogP contribution in [-0.4, -0.2) is 73.4 Å². The second-order valence-electron chi connectivity index (χ2n) is 9.06. The monoisotopic (exact) mass is 436 g/mol. The second-order valence-corrected chi connectivity index (χ2v) is 9.06. The third-order valence-corrected chi connectivity index (χ3v) is 6.83. The van der Waals surface area contributed by atoms with Gasteiger partial charge in [-0.25, -0.2) is 9.97 Å². The minimum absolute atomic E-state index is 0.0159. The molecule has 32 heavy (non-hydrogen) atoms. The summed E-state index contributed by atoms with van der Waals surface area (Å²) in [4.78, 5) is 27.1. The highest BCUT2D eigenvalue weighted by Gasteiger charge is 2.31. The van der Waals surface area contributed by atoms with Crippen molar-refractivity contribution >= 4 is 11.7 Å². The lowest BCUT2D eigenvalue weighted by molar-refractivity contribution is -0.140. The number of carbonyl (C=O) groups is 1. The van der Waals surface area contributed by atoms with E-state index in [0.717, 1.165) is 62.4 Å². The summed E-state index contributed by atoms with van der Waals surface area (Å²) in [5, 5.41) is 0. The highest BCUT2D eigenvalue weighted by atomic mass is 16.6. The molecule has 3 aliphatic rings. The molecule has 1 aromatic heterocycles. The van der Waals surface area contributed by atoms with Crippen molar-refractivity contribution in [2.75, 3.05) is 51.4 Å². The van der Waals surface area contributed by atoms with Gasteiger partial charge in [-0.3, -0.25) is 4.79 Å². The second kappa shape index (κ2) is 9.55. The van der Waals surface area contributed by atoms with Gasteiger partial charge < -0.3 is 19.3 Å². The number of hydrogen-bond acceptors (Lipinski definition) is 6. The average Bonchev–Trinajstić information content (AvgIpc) is 3.33. The van der Waals surface area contributed by atoms with Crippen LogP contribution in [0.3, 0.4) is 0 Å². The Balaban J connectivity index is 1.26. The smallest absolute Gasteiger partial charge is 0.225 e. The number of aromatic nitrogens is 2. The SMILES string of the molecule is CN(C[C@H]1COCCO1)C(=O)C1CCN(c2nc(-c3ccccc3)nc3c2CCC3)CC1. The number of nitrogens with zero attached hydrogens (tertiary/aromatic N) is 4. The van der Waals surface area contributed by atoms with Crippen LogP contribution in [0.5, 0.6) is 0 Å². The summed E-state index contributed by atoms with van der Waals surface area (Å²) in [7, 11) is 1.89. The first-order chi connectivity index (χ1) is 15.7. The predicted molar refractivity (Wildman–Crippen MR) is 123 cm³/mol. The molecule has 3 heterocycles. The van der Waals surface area contributed by atoms with Crippen LogP contribution in [0.4, 0.5) is 5.82 Å². The number of piperidine rings is 1. The van der Waals surface area contributed by atoms with Gasteiger partial charge in [0.15, 0.2) is 5.82 Å². The summed E-state index contributed by atoms with van der Waals surface area (Å²) in [5.74, 6) is 2.17. The van der Waals surface area contributed by atoms with Gasteiger partial charge in [-0.2, -0.15) is 0 Å². The molecule has 2 fully saturated rings. The fraction of sp³-hybridized carbons (Fsp3) is 0.560. The molecule has 0 radical (unpaired) electrons. The van der Waals surface area contributed by atoms with Crippen LogP contribution in [0.25, 0.3) is 11.4 Å². The Labute approximate surface area is 189 Å². The molecule has 0 spiro atoms. The van der Waals surface area contributed by atoms with E-state index in [4.69, 9.17) is 19.4 Å². The molecular formula is C25H32N4O3. The van der Waals surface area contributed by atoms with Gasteiger partial charge in [-0.15, -0.1) is 0 Å². The van der Waals surface area contributed by atoms with Crippen molar-refractivity contribution in [1.82, 2.24) is 14.9 Å². The Morgan fingerprint density at radius 3 is 2.69 bits per heavy atom. The Bertz CT molecular complexity index is 938. The first kappa shape index (κ1) is 21.3. The van der Waals surface area contributed by atoms with Crippen molar-refractivity contribution in [1.29, 1.82) is 0 Å². The summed E-state index contributed by atoms with van der Waals surface area (Å²) in [6.45, 7) is 4.12. The average molecular weight is 437 g/mol. The van der Waals surface area contributed by atoms with E-state index in [-0.39, 0.29) is 17.9 Å². The molecule has 170 valence electrons. The van der Waals surface area contributed by atoms with Gasteiger partial charge in [0, 0.05) is 49.4 Å². The molecule has 1 atom stereocenters. The Hall–Kier alpha value is -2.51. The van der Waals surface area contributed by atoms with E-state index in [9.17, 15) is 4.79 Å². The summed E-state index contributed by atoms with van der Waals surface area (Å²) < 4.78 is 11.2. The molecule has 5 rings (SSSR count). The lowest BCUT2D eigenvalue weighted by Crippen LogP contribution is -2.45. The predicted octanol–water partition coefficient (Wildman–Crippen LogP) is 2.72. The number of rotatable bonds is 5. The summed E-state index contributed by atoms with van der Waals surface area (Å²) in [6.07, 6.45) is 4.90. The van der Waals surface area contributed by atoms with Gasteiger partial charge >= 0.3 is 0 Å². The normalized spacial score (nSPS) is 21.4. The molecule has 0 unspecified atom stereocenters. The van der Waals surface area contributed by atoms with Crippen LogP contribution in [0, 0.1) is 5.92 Å². The zero-order chi connectivity index (χ0) is 21.9. The third-order valence-electron chi connectivity index (χ3n) is 6.83. The van der Waals surface area contributed by atoms with Crippen LogP contribution < -0.4 is 4.90 Å². The van der Waals surface area contributed by atoms with Crippen molar-refractivity contribution < 1.29 is 14.3 Å². The minimum atomic E-state index is -0.0159. The fourth-order valence-electron chi connectivity index (χ4n) is 5.08. The third kappa shape index (κ3) is 4.50. The molecule has 1 amide bonds. The lowest BCUT2D eigenvalue weighted by Gasteiger charge is -2.35. The standard InChI is InChI=1S/C25H32N4O3/c1-28(16-20-17-31-14-15-32-20)25(30)19-10-12-29(13-11-19)24-21-8-5-9-22(21)26-23(27-24)18-6-3-2-4-7-18/h2-4,6-7,19-20H,5,8-17H2,1H3/t20-/m0/s1. The number of ether oxygens (including phenoxy) is 2. The van der Waals surface area contributed by atoms with Crippen molar-refractivity contribution in [3.8, 4) is 11.4 Å². The van der Waals surface area contributed by atoms with Crippen LogP contribution in [-0.2, 0) is 27.1 Å². The number of hydrogen-bond donors (Lipinski definition) is 0. The van der Waals surface area contributed by atoms with Gasteiger partial charge in [-0.1, -0.05) is 30.3 Å². The topological polar surface area (TPSA) is 67.8 Å². The van der Waals surface area contributed by atoms with E-state index in [1.807, 2.05) is 30.1 Å². The minimum Gasteiger partial charge on any atom is -0.376 e. The molecular weight excluding hydrogens is 404 g/mol. The number of anilines is 1. The quantitative estimate of drug-likeness (QED) is 0.718. The Morgan fingerprint density at radius 2 is 1.94 bits per heavy atom. The summed E-state index contributed by atoms with van der Waals surface area (Å²) >= 11 is 0. The molecule has 0 saturated carbocycles. The molecule has 2 saturated heterocycles. The zero-order valence-electron chi connectivity index (χ0n) is 18.8. The molecule has 0 N–H and O–H groups in total. The van der Waals surface area contributed by atoms with Crippen molar-refractivity contribution in [2.45, 2.75) is 38.2 Å². The van der Waals surface area contributed by atoms with Gasteiger partial charge in [0.2, 0.25) is 5.91 Å². The van der Waals surface area contributed by atoms with E-state index in [0.29, 0.717) is 26.4 Å². The van der Waals surface area contributed by atoms with Crippen molar-refractivity contribution in [3.63, 3.8) is 0 Å². The summed E-state index contributed by atoms with van der Waals surface area (Å²) in [5.41, 5.74) is 3.56. The van der Waals surface area contributed by atoms with Gasteiger partial charge in [0.1, 0.15) is 5.82 Å². The van der Waals surface area contributed by atoms with Gasteiger partial charge in [0.05, 0.1) is 25.9 Å². The zero-order valence-corrected chi connectivity index (χ0v) is 18.8. The first-order valence-electron chi connectivity index (χ1n) is 11.8. The van der Waals surface area contributed by atoms with E-state index in [2.05, 4.69) is 17.0 Å². The van der Waals surface area contributed by atoms with Crippen LogP contribution >= 0.6 is 0 Å². The van der Waals surface area contributed by atoms with Crippen LogP contribution in [0.2, 0.25) is 0 Å². The van der Waals surface area contributed by atoms with E-state index >= 15 is 0 Å². The molecule has 7 nitrogen and oxygen atoms in total. The van der Waals surface area contributed by atoms with Crippen LogP contribution in [0.1, 0.15) is 30.5 Å². The number of fused-ring (bicyclic) bond motifs is 1. The largest absolute Gasteiger partial charge is 0.376 e. The number of aryl methyl sites for hydroxylation is 1. The van der Waals surface area contributed by atoms with Gasteiger partial charge in [-0.05, 0) is 32.1 Å². The van der Waals surface area contributed by atoms with Crippen LogP contribution in [0.15, 0.2) is 30.3 Å². The molecule has 1 aliphatic carbocycles. The molecule has 7 heteroatoms. The number of likely N-dealkylation sites (N-methyl/N-ethyl adjacent to an activating group) is 1. The number of amides is 1. The van der Waals surface area contributed by atoms with Crippen molar-refractivity contribution in [3.05, 3.63) is 41.6 Å². The molecule has 2 aromatic rings. The maximum Gasteiger partial charge on any atom is 0.225 e. The Morgan fingerprint density at radius 1 is 1.12 bits per heavy atom. The van der Waals surface area contributed by atoms with E-state index in [1.54, 1.807) is 0 Å². The lowest BCUT2D eigenvalue weighted by atomic mass is 9.95. The first-order valence-corrected chi connectivity index (χ1v) is 11.8.